The Morgan fingerprint density at radius 1 is 0.524 bits per heavy atom. The Balaban J connectivity index is 2.23. The highest BCUT2D eigenvalue weighted by atomic mass is 31.1. The minimum Gasteiger partial charge on any atom is -0.507 e. The summed E-state index contributed by atoms with van der Waals surface area (Å²) in [6.07, 6.45) is 0. The lowest BCUT2D eigenvalue weighted by Gasteiger charge is -2.21. The van der Waals surface area contributed by atoms with Crippen molar-refractivity contribution < 1.29 is 10.2 Å². The topological polar surface area (TPSA) is 40.5 Å². The lowest BCUT2D eigenvalue weighted by atomic mass is 10.3. The van der Waals surface area contributed by atoms with Gasteiger partial charge in [-0.2, -0.15) is 0 Å². The van der Waals surface area contributed by atoms with Gasteiger partial charge >= 0.3 is 0 Å². The van der Waals surface area contributed by atoms with Gasteiger partial charge in [0.05, 0.1) is 5.30 Å². The van der Waals surface area contributed by atoms with E-state index >= 15 is 0 Å². The highest BCUT2D eigenvalue weighted by molar-refractivity contribution is 7.80. The molecule has 0 saturated heterocycles. The standard InChI is InChI=1S/C18H15O2P/c19-16-12-7-13-17(20)18(16)21(14-8-3-1-4-9-14)15-10-5-2-6-11-15/h1-13,19-20H. The normalized spacial score (nSPS) is 10.7. The molecule has 0 spiro atoms. The number of benzene rings is 3. The van der Waals surface area contributed by atoms with Crippen molar-refractivity contribution in [2.75, 3.05) is 0 Å². The van der Waals surface area contributed by atoms with Gasteiger partial charge in [0.15, 0.2) is 0 Å². The van der Waals surface area contributed by atoms with Gasteiger partial charge in [-0.15, -0.1) is 0 Å². The van der Waals surface area contributed by atoms with Crippen molar-refractivity contribution in [3.05, 3.63) is 78.9 Å². The van der Waals surface area contributed by atoms with Crippen molar-refractivity contribution in [1.82, 2.24) is 0 Å². The molecule has 0 atom stereocenters. The monoisotopic (exact) mass is 294 g/mol. The lowest BCUT2D eigenvalue weighted by Crippen LogP contribution is -2.21. The van der Waals surface area contributed by atoms with Gasteiger partial charge in [0, 0.05) is 0 Å². The summed E-state index contributed by atoms with van der Waals surface area (Å²) in [6, 6.07) is 24.9. The van der Waals surface area contributed by atoms with Crippen LogP contribution >= 0.6 is 7.92 Å². The van der Waals surface area contributed by atoms with Crippen LogP contribution in [0.4, 0.5) is 0 Å². The van der Waals surface area contributed by atoms with Gasteiger partial charge in [0.25, 0.3) is 0 Å². The molecule has 0 aromatic heterocycles. The maximum Gasteiger partial charge on any atom is 0.127 e. The van der Waals surface area contributed by atoms with Crippen LogP contribution in [0, 0.1) is 0 Å². The second-order valence-corrected chi connectivity index (χ2v) is 6.80. The first kappa shape index (κ1) is 13.7. The van der Waals surface area contributed by atoms with Gasteiger partial charge in [-0.05, 0) is 30.7 Å². The van der Waals surface area contributed by atoms with Crippen molar-refractivity contribution >= 4 is 23.8 Å². The van der Waals surface area contributed by atoms with Gasteiger partial charge in [-0.1, -0.05) is 66.7 Å². The molecule has 3 rings (SSSR count). The number of rotatable bonds is 3. The third-order valence-corrected chi connectivity index (χ3v) is 5.78. The quantitative estimate of drug-likeness (QED) is 0.729. The molecule has 2 nitrogen and oxygen atoms in total. The van der Waals surface area contributed by atoms with Gasteiger partial charge in [-0.3, -0.25) is 0 Å². The Kier molecular flexibility index (Phi) is 3.89. The molecule has 0 bridgehead atoms. The summed E-state index contributed by atoms with van der Waals surface area (Å²) in [7, 11) is -0.988. The zero-order valence-corrected chi connectivity index (χ0v) is 12.2. The SMILES string of the molecule is Oc1cccc(O)c1P(c1ccccc1)c1ccccc1. The van der Waals surface area contributed by atoms with E-state index in [4.69, 9.17) is 0 Å². The van der Waals surface area contributed by atoms with Crippen LogP contribution in [0.3, 0.4) is 0 Å². The van der Waals surface area contributed by atoms with Crippen LogP contribution in [-0.4, -0.2) is 10.2 Å². The molecule has 0 radical (unpaired) electrons. The number of aromatic hydroxyl groups is 2. The Morgan fingerprint density at radius 2 is 0.952 bits per heavy atom. The maximum absolute atomic E-state index is 10.2. The summed E-state index contributed by atoms with van der Waals surface area (Å²) in [5.74, 6) is 0.266. The van der Waals surface area contributed by atoms with Gasteiger partial charge in [-0.25, -0.2) is 0 Å². The molecule has 104 valence electrons. The van der Waals surface area contributed by atoms with E-state index in [1.165, 1.54) is 0 Å². The predicted octanol–water partition coefficient (Wildman–Crippen LogP) is 2.86. The highest BCUT2D eigenvalue weighted by Crippen LogP contribution is 2.39. The number of phenolic OH excluding ortho intramolecular Hbond substituents is 2. The molecule has 0 fully saturated rings. The Labute approximate surface area is 125 Å². The van der Waals surface area contributed by atoms with E-state index in [-0.39, 0.29) is 11.5 Å². The first-order chi connectivity index (χ1) is 10.3. The molecular weight excluding hydrogens is 279 g/mol. The molecule has 0 unspecified atom stereocenters. The van der Waals surface area contributed by atoms with Crippen LogP contribution in [0.2, 0.25) is 0 Å². The molecule has 2 N–H and O–H groups in total. The van der Waals surface area contributed by atoms with Crippen LogP contribution in [0.1, 0.15) is 0 Å². The van der Waals surface area contributed by atoms with E-state index in [0.29, 0.717) is 5.30 Å². The van der Waals surface area contributed by atoms with Crippen LogP contribution in [-0.2, 0) is 0 Å². The largest absolute Gasteiger partial charge is 0.507 e. The van der Waals surface area contributed by atoms with E-state index in [1.54, 1.807) is 18.2 Å². The van der Waals surface area contributed by atoms with Crippen LogP contribution in [0.5, 0.6) is 11.5 Å². The summed E-state index contributed by atoms with van der Waals surface area (Å²) in [5, 5.41) is 23.3. The summed E-state index contributed by atoms with van der Waals surface area (Å²) < 4.78 is 0. The fourth-order valence-electron chi connectivity index (χ4n) is 2.31. The molecule has 3 aromatic carbocycles. The Hall–Kier alpha value is -2.31. The molecule has 0 aliphatic heterocycles. The summed E-state index contributed by atoms with van der Waals surface area (Å²) in [6.45, 7) is 0. The third-order valence-electron chi connectivity index (χ3n) is 3.25. The van der Waals surface area contributed by atoms with E-state index in [2.05, 4.69) is 0 Å². The molecular formula is C18H15O2P. The van der Waals surface area contributed by atoms with Crippen molar-refractivity contribution in [2.45, 2.75) is 0 Å². The van der Waals surface area contributed by atoms with E-state index in [0.717, 1.165) is 10.6 Å². The van der Waals surface area contributed by atoms with Gasteiger partial charge in [0.1, 0.15) is 11.5 Å². The molecule has 0 heterocycles. The Morgan fingerprint density at radius 3 is 1.38 bits per heavy atom. The van der Waals surface area contributed by atoms with E-state index < -0.39 is 7.92 Å². The Bertz CT molecular complexity index is 667. The first-order valence-corrected chi connectivity index (χ1v) is 8.03. The molecule has 21 heavy (non-hydrogen) atoms. The summed E-state index contributed by atoms with van der Waals surface area (Å²) >= 11 is 0. The zero-order chi connectivity index (χ0) is 14.7. The summed E-state index contributed by atoms with van der Waals surface area (Å²) in [5.41, 5.74) is 0. The second kappa shape index (κ2) is 5.99. The van der Waals surface area contributed by atoms with Crippen molar-refractivity contribution in [1.29, 1.82) is 0 Å². The fraction of sp³-hybridized carbons (Fsp3) is 0. The van der Waals surface area contributed by atoms with Crippen molar-refractivity contribution in [3.8, 4) is 11.5 Å². The molecule has 0 aliphatic carbocycles. The van der Waals surface area contributed by atoms with Crippen molar-refractivity contribution in [3.63, 3.8) is 0 Å². The highest BCUT2D eigenvalue weighted by Gasteiger charge is 2.22. The smallest absolute Gasteiger partial charge is 0.127 e. The zero-order valence-electron chi connectivity index (χ0n) is 11.3. The fourth-order valence-corrected chi connectivity index (χ4v) is 4.67. The molecule has 0 amide bonds. The minimum atomic E-state index is -0.988. The van der Waals surface area contributed by atoms with Crippen LogP contribution in [0.25, 0.3) is 0 Å². The molecule has 3 aromatic rings. The van der Waals surface area contributed by atoms with E-state index in [1.807, 2.05) is 60.7 Å². The number of hydrogen-bond acceptors (Lipinski definition) is 2. The lowest BCUT2D eigenvalue weighted by molar-refractivity contribution is 0.458. The van der Waals surface area contributed by atoms with Crippen LogP contribution in [0.15, 0.2) is 78.9 Å². The average Bonchev–Trinajstić information content (AvgIpc) is 2.53. The number of hydrogen-bond donors (Lipinski definition) is 2. The second-order valence-electron chi connectivity index (χ2n) is 4.65. The van der Waals surface area contributed by atoms with Gasteiger partial charge < -0.3 is 10.2 Å². The molecule has 0 aliphatic rings. The first-order valence-electron chi connectivity index (χ1n) is 6.68. The van der Waals surface area contributed by atoms with Crippen molar-refractivity contribution in [2.24, 2.45) is 0 Å². The number of phenols is 2. The summed E-state index contributed by atoms with van der Waals surface area (Å²) in [4.78, 5) is 0. The average molecular weight is 294 g/mol. The minimum absolute atomic E-state index is 0.133. The molecule has 3 heteroatoms. The maximum atomic E-state index is 10.2. The van der Waals surface area contributed by atoms with Crippen LogP contribution < -0.4 is 15.9 Å². The van der Waals surface area contributed by atoms with E-state index in [9.17, 15) is 10.2 Å². The predicted molar refractivity (Wildman–Crippen MR) is 88.5 cm³/mol. The third kappa shape index (κ3) is 2.76. The van der Waals surface area contributed by atoms with Gasteiger partial charge in [0.2, 0.25) is 0 Å². The molecule has 0 saturated carbocycles.